The summed E-state index contributed by atoms with van der Waals surface area (Å²) in [7, 11) is 0. The number of benzene rings is 1. The lowest BCUT2D eigenvalue weighted by Crippen LogP contribution is -1.99. The van der Waals surface area contributed by atoms with E-state index in [9.17, 15) is 9.18 Å². The molecule has 2 aromatic rings. The molecule has 0 atom stereocenters. The Hall–Kier alpha value is -2.01. The molecule has 0 radical (unpaired) electrons. The molecular weight excluding hydrogens is 287 g/mol. The number of hydrogen-bond donors (Lipinski definition) is 0. The molecule has 0 spiro atoms. The predicted molar refractivity (Wildman–Crippen MR) is 82.0 cm³/mol. The molecule has 5 heteroatoms. The van der Waals surface area contributed by atoms with E-state index in [0.717, 1.165) is 28.3 Å². The highest BCUT2D eigenvalue weighted by molar-refractivity contribution is 8.15. The Morgan fingerprint density at radius 2 is 1.81 bits per heavy atom. The van der Waals surface area contributed by atoms with Gasteiger partial charge < -0.3 is 0 Å². The minimum atomic E-state index is -0.225. The number of hydrogen-bond acceptors (Lipinski definition) is 3. The van der Waals surface area contributed by atoms with Crippen LogP contribution in [0.5, 0.6) is 0 Å². The van der Waals surface area contributed by atoms with Crippen LogP contribution in [-0.2, 0) is 17.6 Å². The van der Waals surface area contributed by atoms with Crippen LogP contribution in [0.3, 0.4) is 0 Å². The van der Waals surface area contributed by atoms with E-state index >= 15 is 0 Å². The largest absolute Gasteiger partial charge is 0.272 e. The lowest BCUT2D eigenvalue weighted by atomic mass is 10.1. The quantitative estimate of drug-likeness (QED) is 0.871. The van der Waals surface area contributed by atoms with Crippen LogP contribution in [0.2, 0.25) is 0 Å². The molecular formula is C16H13FN2OS. The molecule has 1 aliphatic heterocycles. The SMILES string of the molecule is O=C1CSC(Cc2ccc(Cc3ccc(F)cc3)cn2)=N1. The number of nitrogens with zero attached hydrogens (tertiary/aromatic N) is 2. The molecule has 3 nitrogen and oxygen atoms in total. The Kier molecular flexibility index (Phi) is 4.10. The minimum absolute atomic E-state index is 0.0667. The monoisotopic (exact) mass is 300 g/mol. The van der Waals surface area contributed by atoms with Crippen molar-refractivity contribution >= 4 is 22.7 Å². The summed E-state index contributed by atoms with van der Waals surface area (Å²) in [5.41, 5.74) is 3.02. The van der Waals surface area contributed by atoms with Crippen molar-refractivity contribution in [1.82, 2.24) is 4.98 Å². The number of carbonyl (C=O) groups excluding carboxylic acids is 1. The average molecular weight is 300 g/mol. The number of halogens is 1. The standard InChI is InChI=1S/C16H13FN2OS/c17-13-4-1-11(2-5-13)7-12-3-6-14(18-9-12)8-16-19-15(20)10-21-16/h1-6,9H,7-8,10H2. The second-order valence-corrected chi connectivity index (χ2v) is 5.87. The predicted octanol–water partition coefficient (Wildman–Crippen LogP) is 3.03. The van der Waals surface area contributed by atoms with Gasteiger partial charge in [0.05, 0.1) is 10.8 Å². The maximum atomic E-state index is 12.9. The molecule has 106 valence electrons. The van der Waals surface area contributed by atoms with Crippen LogP contribution in [0.1, 0.15) is 16.8 Å². The summed E-state index contributed by atoms with van der Waals surface area (Å²) in [6.45, 7) is 0. The van der Waals surface area contributed by atoms with Crippen LogP contribution in [0, 0.1) is 5.82 Å². The fourth-order valence-corrected chi connectivity index (χ4v) is 2.87. The maximum absolute atomic E-state index is 12.9. The summed E-state index contributed by atoms with van der Waals surface area (Å²) in [6.07, 6.45) is 3.15. The zero-order valence-electron chi connectivity index (χ0n) is 11.3. The highest BCUT2D eigenvalue weighted by atomic mass is 32.2. The van der Waals surface area contributed by atoms with E-state index in [4.69, 9.17) is 0 Å². The first-order valence-corrected chi connectivity index (χ1v) is 7.59. The van der Waals surface area contributed by atoms with Crippen molar-refractivity contribution in [2.75, 3.05) is 5.75 Å². The Morgan fingerprint density at radius 3 is 2.43 bits per heavy atom. The zero-order valence-corrected chi connectivity index (χ0v) is 12.1. The molecule has 0 bridgehead atoms. The molecule has 21 heavy (non-hydrogen) atoms. The normalized spacial score (nSPS) is 14.3. The molecule has 0 unspecified atom stereocenters. The van der Waals surface area contributed by atoms with E-state index in [1.54, 1.807) is 12.1 Å². The van der Waals surface area contributed by atoms with Gasteiger partial charge in [-0.25, -0.2) is 9.38 Å². The van der Waals surface area contributed by atoms with Crippen LogP contribution in [0.15, 0.2) is 47.6 Å². The third-order valence-corrected chi connectivity index (χ3v) is 4.11. The van der Waals surface area contributed by atoms with Gasteiger partial charge >= 0.3 is 0 Å². The molecule has 2 heterocycles. The number of pyridine rings is 1. The lowest BCUT2D eigenvalue weighted by Gasteiger charge is -2.04. The smallest absolute Gasteiger partial charge is 0.256 e. The summed E-state index contributed by atoms with van der Waals surface area (Å²) in [5, 5.41) is 0.832. The van der Waals surface area contributed by atoms with Gasteiger partial charge in [0.2, 0.25) is 0 Å². The summed E-state index contributed by atoms with van der Waals surface area (Å²) >= 11 is 1.48. The van der Waals surface area contributed by atoms with Gasteiger partial charge in [0.1, 0.15) is 5.82 Å². The molecule has 0 aliphatic carbocycles. The minimum Gasteiger partial charge on any atom is -0.272 e. The van der Waals surface area contributed by atoms with Crippen molar-refractivity contribution in [2.24, 2.45) is 4.99 Å². The van der Waals surface area contributed by atoms with Crippen molar-refractivity contribution < 1.29 is 9.18 Å². The van der Waals surface area contributed by atoms with Crippen molar-refractivity contribution in [3.8, 4) is 0 Å². The Morgan fingerprint density at radius 1 is 1.05 bits per heavy atom. The second-order valence-electron chi connectivity index (χ2n) is 4.83. The summed E-state index contributed by atoms with van der Waals surface area (Å²) in [5.74, 6) is 0.150. The zero-order chi connectivity index (χ0) is 14.7. The highest BCUT2D eigenvalue weighted by Gasteiger charge is 2.15. The van der Waals surface area contributed by atoms with E-state index in [1.807, 2.05) is 18.3 Å². The number of aliphatic imine (C=N–C) groups is 1. The summed E-state index contributed by atoms with van der Waals surface area (Å²) in [6, 6.07) is 10.4. The topological polar surface area (TPSA) is 42.3 Å². The van der Waals surface area contributed by atoms with E-state index in [0.29, 0.717) is 12.2 Å². The van der Waals surface area contributed by atoms with Crippen molar-refractivity contribution in [3.63, 3.8) is 0 Å². The number of aromatic nitrogens is 1. The van der Waals surface area contributed by atoms with Gasteiger partial charge in [0.15, 0.2) is 0 Å². The molecule has 0 N–H and O–H groups in total. The third kappa shape index (κ3) is 3.76. The summed E-state index contributed by atoms with van der Waals surface area (Å²) in [4.78, 5) is 19.4. The molecule has 1 aliphatic rings. The number of thioether (sulfide) groups is 1. The van der Waals surface area contributed by atoms with Crippen molar-refractivity contribution in [2.45, 2.75) is 12.8 Å². The Bertz CT molecular complexity index is 680. The molecule has 3 rings (SSSR count). The van der Waals surface area contributed by atoms with Gasteiger partial charge in [0.25, 0.3) is 5.91 Å². The van der Waals surface area contributed by atoms with Crippen LogP contribution >= 0.6 is 11.8 Å². The van der Waals surface area contributed by atoms with Crippen molar-refractivity contribution in [1.29, 1.82) is 0 Å². The fraction of sp³-hybridized carbons (Fsp3) is 0.188. The van der Waals surface area contributed by atoms with Crippen LogP contribution in [0.25, 0.3) is 0 Å². The van der Waals surface area contributed by atoms with E-state index in [2.05, 4.69) is 9.98 Å². The van der Waals surface area contributed by atoms with Crippen LogP contribution in [-0.4, -0.2) is 21.7 Å². The van der Waals surface area contributed by atoms with Gasteiger partial charge in [-0.1, -0.05) is 18.2 Å². The van der Waals surface area contributed by atoms with Crippen molar-refractivity contribution in [3.05, 3.63) is 65.2 Å². The summed E-state index contributed by atoms with van der Waals surface area (Å²) < 4.78 is 12.9. The molecule has 1 aromatic heterocycles. The number of amides is 1. The molecule has 0 fully saturated rings. The molecule has 0 saturated carbocycles. The van der Waals surface area contributed by atoms with Gasteiger partial charge in [-0.05, 0) is 35.7 Å². The van der Waals surface area contributed by atoms with Crippen LogP contribution < -0.4 is 0 Å². The van der Waals surface area contributed by atoms with Gasteiger partial charge in [-0.15, -0.1) is 11.8 Å². The lowest BCUT2D eigenvalue weighted by molar-refractivity contribution is -0.115. The average Bonchev–Trinajstić information content (AvgIpc) is 2.89. The van der Waals surface area contributed by atoms with E-state index in [-0.39, 0.29) is 11.7 Å². The maximum Gasteiger partial charge on any atom is 0.256 e. The first kappa shape index (κ1) is 13.9. The molecule has 1 aromatic carbocycles. The first-order valence-electron chi connectivity index (χ1n) is 6.60. The van der Waals surface area contributed by atoms with Crippen LogP contribution in [0.4, 0.5) is 4.39 Å². The third-order valence-electron chi connectivity index (χ3n) is 3.15. The molecule has 0 saturated heterocycles. The fourth-order valence-electron chi connectivity index (χ4n) is 2.10. The number of carbonyl (C=O) groups is 1. The van der Waals surface area contributed by atoms with E-state index in [1.165, 1.54) is 23.9 Å². The highest BCUT2D eigenvalue weighted by Crippen LogP contribution is 2.17. The second kappa shape index (κ2) is 6.18. The number of rotatable bonds is 4. The Balaban J connectivity index is 1.65. The van der Waals surface area contributed by atoms with Gasteiger partial charge in [-0.2, -0.15) is 0 Å². The molecule has 1 amide bonds. The van der Waals surface area contributed by atoms with E-state index < -0.39 is 0 Å². The first-order chi connectivity index (χ1) is 10.2. The van der Waals surface area contributed by atoms with Gasteiger partial charge in [-0.3, -0.25) is 9.78 Å². The van der Waals surface area contributed by atoms with Gasteiger partial charge in [0, 0.05) is 18.3 Å². The Labute approximate surface area is 126 Å².